The minimum atomic E-state index is -0.319. The standard InChI is InChI=1S/C13H16BrFN2S/c1-2-13(6-3-7-13)17-9-5-4-8(12(16)18)10(14)11(9)15/h4-5,17H,2-3,6-7H2,1H3,(H2,16,18). The maximum atomic E-state index is 14.2. The van der Waals surface area contributed by atoms with Crippen LogP contribution in [0.4, 0.5) is 10.1 Å². The molecule has 1 fully saturated rings. The summed E-state index contributed by atoms with van der Waals surface area (Å²) in [5.74, 6) is -0.319. The van der Waals surface area contributed by atoms with E-state index in [0.29, 0.717) is 15.7 Å². The lowest BCUT2D eigenvalue weighted by Crippen LogP contribution is -2.44. The van der Waals surface area contributed by atoms with Crippen molar-refractivity contribution in [3.63, 3.8) is 0 Å². The Morgan fingerprint density at radius 2 is 2.22 bits per heavy atom. The topological polar surface area (TPSA) is 38.0 Å². The third-order valence-corrected chi connectivity index (χ3v) is 4.73. The van der Waals surface area contributed by atoms with Gasteiger partial charge in [0.1, 0.15) is 4.99 Å². The molecule has 0 bridgehead atoms. The fourth-order valence-corrected chi connectivity index (χ4v) is 3.15. The van der Waals surface area contributed by atoms with E-state index >= 15 is 0 Å². The average molecular weight is 331 g/mol. The van der Waals surface area contributed by atoms with Crippen molar-refractivity contribution in [1.29, 1.82) is 0 Å². The Balaban J connectivity index is 2.30. The van der Waals surface area contributed by atoms with Crippen molar-refractivity contribution in [3.05, 3.63) is 28.0 Å². The van der Waals surface area contributed by atoms with Gasteiger partial charge in [-0.3, -0.25) is 0 Å². The molecule has 1 saturated carbocycles. The smallest absolute Gasteiger partial charge is 0.161 e. The highest BCUT2D eigenvalue weighted by Gasteiger charge is 2.35. The molecule has 1 aromatic rings. The van der Waals surface area contributed by atoms with Gasteiger partial charge in [0.15, 0.2) is 5.82 Å². The molecule has 0 heterocycles. The lowest BCUT2D eigenvalue weighted by atomic mass is 9.74. The third-order valence-electron chi connectivity index (χ3n) is 3.74. The Morgan fingerprint density at radius 1 is 1.56 bits per heavy atom. The van der Waals surface area contributed by atoms with E-state index in [1.165, 1.54) is 6.42 Å². The SMILES string of the molecule is CCC1(Nc2ccc(C(N)=S)c(Br)c2F)CCC1. The number of thiocarbonyl (C=S) groups is 1. The number of hydrogen-bond donors (Lipinski definition) is 2. The van der Waals surface area contributed by atoms with Crippen molar-refractivity contribution in [2.45, 2.75) is 38.1 Å². The van der Waals surface area contributed by atoms with Crippen LogP contribution in [0, 0.1) is 5.82 Å². The first-order valence-electron chi connectivity index (χ1n) is 6.05. The van der Waals surface area contributed by atoms with Crippen molar-refractivity contribution >= 4 is 38.8 Å². The maximum absolute atomic E-state index is 14.2. The van der Waals surface area contributed by atoms with E-state index in [0.717, 1.165) is 19.3 Å². The van der Waals surface area contributed by atoms with E-state index in [1.54, 1.807) is 12.1 Å². The van der Waals surface area contributed by atoms with Gasteiger partial charge in [0, 0.05) is 11.1 Å². The zero-order valence-electron chi connectivity index (χ0n) is 10.2. The Hall–Kier alpha value is -0.680. The highest BCUT2D eigenvalue weighted by atomic mass is 79.9. The number of benzene rings is 1. The third kappa shape index (κ3) is 2.38. The van der Waals surface area contributed by atoms with Gasteiger partial charge in [-0.25, -0.2) is 4.39 Å². The second-order valence-corrected chi connectivity index (χ2v) is 6.00. The fourth-order valence-electron chi connectivity index (χ4n) is 2.29. The molecule has 5 heteroatoms. The summed E-state index contributed by atoms with van der Waals surface area (Å²) >= 11 is 8.10. The Bertz CT molecular complexity index is 481. The van der Waals surface area contributed by atoms with Crippen molar-refractivity contribution in [3.8, 4) is 0 Å². The summed E-state index contributed by atoms with van der Waals surface area (Å²) in [4.78, 5) is 0.196. The molecule has 1 aromatic carbocycles. The van der Waals surface area contributed by atoms with Crippen LogP contribution >= 0.6 is 28.1 Å². The number of anilines is 1. The summed E-state index contributed by atoms with van der Waals surface area (Å²) in [5.41, 5.74) is 6.65. The monoisotopic (exact) mass is 330 g/mol. The molecule has 1 aliphatic rings. The molecule has 1 aliphatic carbocycles. The number of nitrogens with one attached hydrogen (secondary N) is 1. The summed E-state index contributed by atoms with van der Waals surface area (Å²) in [6.07, 6.45) is 4.39. The largest absolute Gasteiger partial charge is 0.389 e. The fraction of sp³-hybridized carbons (Fsp3) is 0.462. The van der Waals surface area contributed by atoms with Gasteiger partial charge >= 0.3 is 0 Å². The van der Waals surface area contributed by atoms with Gasteiger partial charge in [-0.15, -0.1) is 0 Å². The highest BCUT2D eigenvalue weighted by Crippen LogP contribution is 2.39. The van der Waals surface area contributed by atoms with Crippen LogP contribution in [0.15, 0.2) is 16.6 Å². The summed E-state index contributed by atoms with van der Waals surface area (Å²) in [6, 6.07) is 3.46. The molecule has 0 radical (unpaired) electrons. The predicted molar refractivity (Wildman–Crippen MR) is 80.5 cm³/mol. The van der Waals surface area contributed by atoms with Gasteiger partial charge in [0.05, 0.1) is 10.2 Å². The van der Waals surface area contributed by atoms with Crippen LogP contribution in [0.5, 0.6) is 0 Å². The van der Waals surface area contributed by atoms with Crippen LogP contribution in [0.3, 0.4) is 0 Å². The number of rotatable bonds is 4. The lowest BCUT2D eigenvalue weighted by molar-refractivity contribution is 0.268. The first kappa shape index (κ1) is 13.7. The first-order chi connectivity index (χ1) is 8.49. The minimum Gasteiger partial charge on any atom is -0.389 e. The number of nitrogens with two attached hydrogens (primary N) is 1. The molecule has 0 aromatic heterocycles. The van der Waals surface area contributed by atoms with Crippen molar-refractivity contribution in [2.75, 3.05) is 5.32 Å². The van der Waals surface area contributed by atoms with Gasteiger partial charge in [-0.05, 0) is 53.7 Å². The molecule has 2 rings (SSSR count). The van der Waals surface area contributed by atoms with Gasteiger partial charge in [-0.1, -0.05) is 19.1 Å². The molecule has 0 unspecified atom stereocenters. The number of halogens is 2. The quantitative estimate of drug-likeness (QED) is 0.820. The van der Waals surface area contributed by atoms with Crippen molar-refractivity contribution < 1.29 is 4.39 Å². The van der Waals surface area contributed by atoms with Crippen LogP contribution < -0.4 is 11.1 Å². The molecular formula is C13H16BrFN2S. The zero-order chi connectivity index (χ0) is 13.3. The van der Waals surface area contributed by atoms with Gasteiger partial charge in [-0.2, -0.15) is 0 Å². The summed E-state index contributed by atoms with van der Waals surface area (Å²) in [5, 5.41) is 3.33. The molecule has 2 nitrogen and oxygen atoms in total. The highest BCUT2D eigenvalue weighted by molar-refractivity contribution is 9.10. The van der Waals surface area contributed by atoms with E-state index in [9.17, 15) is 4.39 Å². The molecular weight excluding hydrogens is 315 g/mol. The molecule has 0 spiro atoms. The van der Waals surface area contributed by atoms with Crippen LogP contribution in [0.25, 0.3) is 0 Å². The van der Waals surface area contributed by atoms with E-state index < -0.39 is 0 Å². The van der Waals surface area contributed by atoms with Crippen LogP contribution in [0.1, 0.15) is 38.2 Å². The zero-order valence-corrected chi connectivity index (χ0v) is 12.6. The van der Waals surface area contributed by atoms with Gasteiger partial charge < -0.3 is 11.1 Å². The Labute approximate surface area is 120 Å². The maximum Gasteiger partial charge on any atom is 0.161 e. The Kier molecular flexibility index (Phi) is 3.92. The summed E-state index contributed by atoms with van der Waals surface area (Å²) in [7, 11) is 0. The Morgan fingerprint density at radius 3 is 2.67 bits per heavy atom. The van der Waals surface area contributed by atoms with E-state index in [-0.39, 0.29) is 16.3 Å². The second kappa shape index (κ2) is 5.13. The number of hydrogen-bond acceptors (Lipinski definition) is 2. The molecule has 0 amide bonds. The van der Waals surface area contributed by atoms with Gasteiger partial charge in [0.2, 0.25) is 0 Å². The van der Waals surface area contributed by atoms with E-state index in [2.05, 4.69) is 28.2 Å². The molecule has 0 aliphatic heterocycles. The van der Waals surface area contributed by atoms with Crippen molar-refractivity contribution in [2.24, 2.45) is 5.73 Å². The van der Waals surface area contributed by atoms with E-state index in [1.807, 2.05) is 0 Å². The van der Waals surface area contributed by atoms with Crippen molar-refractivity contribution in [1.82, 2.24) is 0 Å². The van der Waals surface area contributed by atoms with Crippen LogP contribution in [-0.2, 0) is 0 Å². The minimum absolute atomic E-state index is 0.0605. The second-order valence-electron chi connectivity index (χ2n) is 4.77. The molecule has 0 saturated heterocycles. The first-order valence-corrected chi connectivity index (χ1v) is 7.25. The summed E-state index contributed by atoms with van der Waals surface area (Å²) < 4.78 is 14.6. The summed E-state index contributed by atoms with van der Waals surface area (Å²) in [6.45, 7) is 2.13. The van der Waals surface area contributed by atoms with E-state index in [4.69, 9.17) is 18.0 Å². The molecule has 98 valence electrons. The van der Waals surface area contributed by atoms with Crippen LogP contribution in [0.2, 0.25) is 0 Å². The predicted octanol–water partition coefficient (Wildman–Crippen LogP) is 3.97. The van der Waals surface area contributed by atoms with Crippen LogP contribution in [-0.4, -0.2) is 10.5 Å². The molecule has 18 heavy (non-hydrogen) atoms. The normalized spacial score (nSPS) is 17.1. The molecule has 0 atom stereocenters. The average Bonchev–Trinajstić information content (AvgIpc) is 2.28. The van der Waals surface area contributed by atoms with Gasteiger partial charge in [0.25, 0.3) is 0 Å². The lowest BCUT2D eigenvalue weighted by Gasteiger charge is -2.43. The molecule has 3 N–H and O–H groups in total.